The zero-order valence-electron chi connectivity index (χ0n) is 7.18. The summed E-state index contributed by atoms with van der Waals surface area (Å²) in [5.41, 5.74) is 1.00. The fraction of sp³-hybridized carbons (Fsp3) is 0.857. The maximum atomic E-state index is 6.40. The van der Waals surface area contributed by atoms with Crippen LogP contribution in [0.15, 0.2) is 5.16 Å². The van der Waals surface area contributed by atoms with E-state index in [1.165, 1.54) is 0 Å². The molecule has 0 rings (SSSR count). The van der Waals surface area contributed by atoms with Crippen molar-refractivity contribution in [2.45, 2.75) is 39.5 Å². The zero-order chi connectivity index (χ0) is 7.82. The van der Waals surface area contributed by atoms with Crippen LogP contribution in [0.1, 0.15) is 39.5 Å². The summed E-state index contributed by atoms with van der Waals surface area (Å²) >= 11 is 0. The topological polar surface area (TPSA) is 32.6 Å². The van der Waals surface area contributed by atoms with Crippen LogP contribution in [0.3, 0.4) is 0 Å². The average Bonchev–Trinajstić information content (AvgIpc) is 1.90. The first-order valence-corrected chi connectivity index (χ1v) is 3.53. The third-order valence-corrected chi connectivity index (χ3v) is 1.21. The highest BCUT2D eigenvalue weighted by atomic mass is 16.4. The van der Waals surface area contributed by atoms with Crippen molar-refractivity contribution in [1.82, 2.24) is 0 Å². The van der Waals surface area contributed by atoms with Crippen LogP contribution in [0.4, 0.5) is 0 Å². The van der Waals surface area contributed by atoms with Gasteiger partial charge in [-0.05, 0) is 12.8 Å². The summed E-state index contributed by atoms with van der Waals surface area (Å²) in [5, 5.41) is 7.53. The summed E-state index contributed by atoms with van der Waals surface area (Å²) in [6.45, 7) is 4.18. The van der Waals surface area contributed by atoms with Gasteiger partial charge in [0.25, 0.3) is 0 Å². The van der Waals surface area contributed by atoms with Gasteiger partial charge in [-0.2, -0.15) is 0 Å². The molecule has 0 unspecified atom stereocenters. The second-order valence-corrected chi connectivity index (χ2v) is 2.16. The predicted octanol–water partition coefficient (Wildman–Crippen LogP) is 2.42. The first kappa shape index (κ1) is 6.59. The van der Waals surface area contributed by atoms with Gasteiger partial charge in [0.05, 0.1) is 5.71 Å². The Hall–Kier alpha value is -0.530. The normalized spacial score (nSPS) is 10.2. The van der Waals surface area contributed by atoms with Crippen LogP contribution in [0.25, 0.3) is 0 Å². The van der Waals surface area contributed by atoms with Crippen LogP contribution in [0.5, 0.6) is 0 Å². The van der Waals surface area contributed by atoms with Gasteiger partial charge in [0.2, 0.25) is 0 Å². The van der Waals surface area contributed by atoms with Gasteiger partial charge in [-0.15, -0.1) is 0 Å². The maximum Gasteiger partial charge on any atom is 0.330 e. The highest BCUT2D eigenvalue weighted by Crippen LogP contribution is 1.98. The van der Waals surface area contributed by atoms with Crippen molar-refractivity contribution >= 4 is 5.71 Å². The van der Waals surface area contributed by atoms with Gasteiger partial charge in [0.1, 0.15) is 0 Å². The molecule has 2 heteroatoms. The molecule has 0 saturated carbocycles. The third-order valence-electron chi connectivity index (χ3n) is 1.21. The van der Waals surface area contributed by atoms with E-state index in [0.29, 0.717) is 0 Å². The largest absolute Gasteiger partial charge is 0.411 e. The molecule has 0 heterocycles. The third kappa shape index (κ3) is 4.01. The number of oxime groups is 1. The Morgan fingerprint density at radius 1 is 1.44 bits per heavy atom. The van der Waals surface area contributed by atoms with Crippen LogP contribution >= 0.6 is 0 Å². The summed E-state index contributed by atoms with van der Waals surface area (Å²) in [7, 11) is 0. The first-order chi connectivity index (χ1) is 4.85. The Balaban J connectivity index is 3.60. The summed E-state index contributed by atoms with van der Waals surface area (Å²) in [6, 6.07) is 0. The molecule has 0 fully saturated rings. The van der Waals surface area contributed by atoms with Gasteiger partial charge in [-0.3, -0.25) is 0 Å². The Morgan fingerprint density at radius 3 is 2.33 bits per heavy atom. The molecule has 0 atom stereocenters. The summed E-state index contributed by atoms with van der Waals surface area (Å²) in [6.07, 6.45) is 4.05. The smallest absolute Gasteiger partial charge is 0.330 e. The fourth-order valence-corrected chi connectivity index (χ4v) is 0.793. The monoisotopic (exact) mass is 130 g/mol. The van der Waals surface area contributed by atoms with Gasteiger partial charge in [-0.25, -0.2) is 0 Å². The number of rotatable bonds is 5. The van der Waals surface area contributed by atoms with Gasteiger partial charge >= 0.3 is 1.43 Å². The molecule has 0 aromatic carbocycles. The SMILES string of the molecule is [2H]ON=C(CCC)CCC. The molecule has 0 aromatic rings. The summed E-state index contributed by atoms with van der Waals surface area (Å²) in [4.78, 5) is 0. The van der Waals surface area contributed by atoms with E-state index in [2.05, 4.69) is 24.2 Å². The second-order valence-electron chi connectivity index (χ2n) is 2.16. The van der Waals surface area contributed by atoms with Crippen LogP contribution < -0.4 is 0 Å². The van der Waals surface area contributed by atoms with E-state index >= 15 is 0 Å². The van der Waals surface area contributed by atoms with E-state index in [9.17, 15) is 0 Å². The van der Waals surface area contributed by atoms with E-state index in [0.717, 1.165) is 31.4 Å². The Kier molecular flexibility index (Phi) is 4.10. The molecule has 9 heavy (non-hydrogen) atoms. The zero-order valence-corrected chi connectivity index (χ0v) is 6.18. The van der Waals surface area contributed by atoms with Crippen LogP contribution in [0.2, 0.25) is 1.43 Å². The van der Waals surface area contributed by atoms with Crippen LogP contribution in [-0.4, -0.2) is 10.9 Å². The predicted molar refractivity (Wildman–Crippen MR) is 39.0 cm³/mol. The van der Waals surface area contributed by atoms with Crippen LogP contribution in [0, 0.1) is 0 Å². The molecule has 2 nitrogen and oxygen atoms in total. The molecule has 0 aromatic heterocycles. The maximum absolute atomic E-state index is 6.40. The molecular weight excluding hydrogens is 114 g/mol. The van der Waals surface area contributed by atoms with Gasteiger partial charge < -0.3 is 5.21 Å². The van der Waals surface area contributed by atoms with E-state index in [1.54, 1.807) is 0 Å². The van der Waals surface area contributed by atoms with Crippen molar-refractivity contribution in [1.29, 1.82) is 0 Å². The lowest BCUT2D eigenvalue weighted by Gasteiger charge is -1.97. The molecule has 0 saturated heterocycles. The molecular formula is C7H15NO. The highest BCUT2D eigenvalue weighted by Gasteiger charge is 1.94. The quantitative estimate of drug-likeness (QED) is 0.346. The molecule has 0 aliphatic rings. The van der Waals surface area contributed by atoms with Gasteiger partial charge in [0.15, 0.2) is 0 Å². The molecule has 0 aliphatic carbocycles. The fourth-order valence-electron chi connectivity index (χ4n) is 0.793. The van der Waals surface area contributed by atoms with E-state index in [4.69, 9.17) is 1.43 Å². The van der Waals surface area contributed by atoms with E-state index in [1.807, 2.05) is 0 Å². The van der Waals surface area contributed by atoms with Crippen molar-refractivity contribution in [2.75, 3.05) is 0 Å². The summed E-state index contributed by atoms with van der Waals surface area (Å²) in [5.74, 6) is 0. The minimum atomic E-state index is 0.951. The van der Waals surface area contributed by atoms with Gasteiger partial charge in [0, 0.05) is 0 Å². The van der Waals surface area contributed by atoms with Crippen molar-refractivity contribution in [3.05, 3.63) is 0 Å². The molecule has 0 radical (unpaired) electrons. The van der Waals surface area contributed by atoms with Crippen molar-refractivity contribution in [2.24, 2.45) is 5.16 Å². The first-order valence-electron chi connectivity index (χ1n) is 3.94. The minimum absolute atomic E-state index is 0.951. The lowest BCUT2D eigenvalue weighted by Crippen LogP contribution is -1.95. The lowest BCUT2D eigenvalue weighted by atomic mass is 10.1. The second kappa shape index (κ2) is 5.60. The Morgan fingerprint density at radius 2 is 2.00 bits per heavy atom. The lowest BCUT2D eigenvalue weighted by molar-refractivity contribution is 0.316. The minimum Gasteiger partial charge on any atom is -0.411 e. The van der Waals surface area contributed by atoms with E-state index < -0.39 is 0 Å². The number of nitrogens with zero attached hydrogens (tertiary/aromatic N) is 1. The molecule has 0 bridgehead atoms. The van der Waals surface area contributed by atoms with Gasteiger partial charge in [-0.1, -0.05) is 31.8 Å². The van der Waals surface area contributed by atoms with E-state index in [-0.39, 0.29) is 0 Å². The number of hydrogen-bond donors (Lipinski definition) is 1. The summed E-state index contributed by atoms with van der Waals surface area (Å²) < 4.78 is 6.40. The standard InChI is InChI=1S/C7H15NO/c1-3-5-7(8-9)6-4-2/h9H,3-6H2,1-2H3/i/hD. The average molecular weight is 130 g/mol. The molecule has 1 N–H and O–H groups in total. The van der Waals surface area contributed by atoms with Crippen molar-refractivity contribution in [3.63, 3.8) is 0 Å². The molecule has 0 amide bonds. The van der Waals surface area contributed by atoms with Crippen molar-refractivity contribution in [3.8, 4) is 0 Å². The van der Waals surface area contributed by atoms with Crippen LogP contribution in [-0.2, 0) is 0 Å². The highest BCUT2D eigenvalue weighted by molar-refractivity contribution is 5.83. The Bertz CT molecular complexity index is 95.8. The Labute approximate surface area is 58.1 Å². The number of hydrogen-bond acceptors (Lipinski definition) is 2. The molecule has 0 aliphatic heterocycles. The molecule has 54 valence electrons. The molecule has 0 spiro atoms. The van der Waals surface area contributed by atoms with Crippen molar-refractivity contribution < 1.29 is 6.64 Å².